The van der Waals surface area contributed by atoms with E-state index in [4.69, 9.17) is 5.73 Å². The molecule has 1 aromatic rings. The van der Waals surface area contributed by atoms with Crippen molar-refractivity contribution in [1.82, 2.24) is 0 Å². The molecule has 0 heterocycles. The molecule has 1 aromatic carbocycles. The van der Waals surface area contributed by atoms with E-state index < -0.39 is 0 Å². The Morgan fingerprint density at radius 1 is 1.45 bits per heavy atom. The highest BCUT2D eigenvalue weighted by molar-refractivity contribution is 5.59. The van der Waals surface area contributed by atoms with Gasteiger partial charge in [-0.05, 0) is 24.1 Å². The number of anilines is 2. The van der Waals surface area contributed by atoms with Crippen molar-refractivity contribution in [3.05, 3.63) is 23.8 Å². The summed E-state index contributed by atoms with van der Waals surface area (Å²) >= 11 is 0. The van der Waals surface area contributed by atoms with Gasteiger partial charge in [-0.3, -0.25) is 0 Å². The normalized spacial score (nSPS) is 9.64. The van der Waals surface area contributed by atoms with Crippen molar-refractivity contribution in [2.75, 3.05) is 18.1 Å². The van der Waals surface area contributed by atoms with Crippen LogP contribution in [0.1, 0.15) is 12.5 Å². The summed E-state index contributed by atoms with van der Waals surface area (Å²) in [6, 6.07) is 5.94. The van der Waals surface area contributed by atoms with Gasteiger partial charge in [-0.25, -0.2) is 0 Å². The Hall–Kier alpha value is -1.18. The standard InChI is InChI=1S/C9H14N2/c1-3-7-4-5-8(10)6-9(7)11-2/h4-6,11H,3,10H2,1-2H3. The fourth-order valence-electron chi connectivity index (χ4n) is 1.14. The number of benzene rings is 1. The van der Waals surface area contributed by atoms with E-state index in [1.807, 2.05) is 19.2 Å². The molecule has 0 aliphatic heterocycles. The van der Waals surface area contributed by atoms with E-state index in [1.165, 1.54) is 5.56 Å². The zero-order chi connectivity index (χ0) is 8.27. The van der Waals surface area contributed by atoms with E-state index in [9.17, 15) is 0 Å². The Morgan fingerprint density at radius 2 is 2.18 bits per heavy atom. The van der Waals surface area contributed by atoms with Crippen LogP contribution in [0.5, 0.6) is 0 Å². The zero-order valence-electron chi connectivity index (χ0n) is 7.02. The van der Waals surface area contributed by atoms with Crippen molar-refractivity contribution in [3.63, 3.8) is 0 Å². The average molecular weight is 150 g/mol. The van der Waals surface area contributed by atoms with Gasteiger partial charge in [0.2, 0.25) is 0 Å². The Bertz CT molecular complexity index is 243. The molecule has 0 atom stereocenters. The second-order valence-electron chi connectivity index (χ2n) is 2.52. The number of hydrogen-bond acceptors (Lipinski definition) is 2. The summed E-state index contributed by atoms with van der Waals surface area (Å²) in [5.41, 5.74) is 8.87. The van der Waals surface area contributed by atoms with Gasteiger partial charge in [0, 0.05) is 18.4 Å². The summed E-state index contributed by atoms with van der Waals surface area (Å²) in [6.45, 7) is 2.13. The number of rotatable bonds is 2. The van der Waals surface area contributed by atoms with E-state index in [0.717, 1.165) is 17.8 Å². The quantitative estimate of drug-likeness (QED) is 0.632. The Labute approximate surface area is 67.4 Å². The van der Waals surface area contributed by atoms with E-state index in [-0.39, 0.29) is 0 Å². The van der Waals surface area contributed by atoms with Gasteiger partial charge in [-0.15, -0.1) is 0 Å². The Balaban J connectivity index is 3.06. The van der Waals surface area contributed by atoms with Gasteiger partial charge in [-0.2, -0.15) is 0 Å². The molecule has 0 saturated heterocycles. The predicted molar refractivity (Wildman–Crippen MR) is 49.8 cm³/mol. The van der Waals surface area contributed by atoms with Gasteiger partial charge in [-0.1, -0.05) is 13.0 Å². The smallest absolute Gasteiger partial charge is 0.0390 e. The minimum Gasteiger partial charge on any atom is -0.399 e. The summed E-state index contributed by atoms with van der Waals surface area (Å²) in [6.07, 6.45) is 1.04. The minimum absolute atomic E-state index is 0.812. The molecule has 0 aliphatic carbocycles. The number of aryl methyl sites for hydroxylation is 1. The largest absolute Gasteiger partial charge is 0.399 e. The molecule has 11 heavy (non-hydrogen) atoms. The lowest BCUT2D eigenvalue weighted by Gasteiger charge is -2.07. The highest BCUT2D eigenvalue weighted by atomic mass is 14.8. The van der Waals surface area contributed by atoms with Crippen molar-refractivity contribution in [2.45, 2.75) is 13.3 Å². The molecule has 0 aromatic heterocycles. The first-order valence-corrected chi connectivity index (χ1v) is 3.84. The topological polar surface area (TPSA) is 38.0 Å². The maximum atomic E-state index is 5.62. The maximum absolute atomic E-state index is 5.62. The molecular weight excluding hydrogens is 136 g/mol. The Kier molecular flexibility index (Phi) is 2.36. The van der Waals surface area contributed by atoms with E-state index in [1.54, 1.807) is 0 Å². The number of nitrogens with two attached hydrogens (primary N) is 1. The second-order valence-corrected chi connectivity index (χ2v) is 2.52. The fourth-order valence-corrected chi connectivity index (χ4v) is 1.14. The van der Waals surface area contributed by atoms with Crippen LogP contribution in [0.15, 0.2) is 18.2 Å². The monoisotopic (exact) mass is 150 g/mol. The summed E-state index contributed by atoms with van der Waals surface area (Å²) in [7, 11) is 1.91. The zero-order valence-corrected chi connectivity index (χ0v) is 7.02. The highest BCUT2D eigenvalue weighted by Gasteiger charge is 1.97. The van der Waals surface area contributed by atoms with Gasteiger partial charge in [0.15, 0.2) is 0 Å². The lowest BCUT2D eigenvalue weighted by atomic mass is 10.1. The molecule has 0 saturated carbocycles. The van der Waals surface area contributed by atoms with E-state index in [2.05, 4.69) is 18.3 Å². The van der Waals surface area contributed by atoms with Gasteiger partial charge in [0.05, 0.1) is 0 Å². The second kappa shape index (κ2) is 3.28. The molecule has 0 spiro atoms. The van der Waals surface area contributed by atoms with E-state index in [0.29, 0.717) is 0 Å². The summed E-state index contributed by atoms with van der Waals surface area (Å²) < 4.78 is 0. The molecule has 60 valence electrons. The average Bonchev–Trinajstić information content (AvgIpc) is 2.04. The van der Waals surface area contributed by atoms with Gasteiger partial charge >= 0.3 is 0 Å². The first-order valence-electron chi connectivity index (χ1n) is 3.84. The SMILES string of the molecule is CCc1ccc(N)cc1NC. The minimum atomic E-state index is 0.812. The van der Waals surface area contributed by atoms with Crippen LogP contribution in [0, 0.1) is 0 Å². The molecule has 1 rings (SSSR count). The van der Waals surface area contributed by atoms with Crippen LogP contribution in [0.25, 0.3) is 0 Å². The molecule has 2 heteroatoms. The molecule has 2 nitrogen and oxygen atoms in total. The molecular formula is C9H14N2. The van der Waals surface area contributed by atoms with Gasteiger partial charge in [0.1, 0.15) is 0 Å². The highest BCUT2D eigenvalue weighted by Crippen LogP contribution is 2.18. The molecule has 0 radical (unpaired) electrons. The summed E-state index contributed by atoms with van der Waals surface area (Å²) in [5.74, 6) is 0. The van der Waals surface area contributed by atoms with Crippen LogP contribution < -0.4 is 11.1 Å². The molecule has 0 unspecified atom stereocenters. The van der Waals surface area contributed by atoms with Crippen LogP contribution in [0.4, 0.5) is 11.4 Å². The van der Waals surface area contributed by atoms with E-state index >= 15 is 0 Å². The third-order valence-corrected chi connectivity index (χ3v) is 1.78. The molecule has 0 amide bonds. The number of nitrogen functional groups attached to an aromatic ring is 1. The number of nitrogens with one attached hydrogen (secondary N) is 1. The van der Waals surface area contributed by atoms with Crippen LogP contribution in [0.2, 0.25) is 0 Å². The van der Waals surface area contributed by atoms with Crippen molar-refractivity contribution >= 4 is 11.4 Å². The summed E-state index contributed by atoms with van der Waals surface area (Å²) in [5, 5.41) is 3.11. The molecule has 3 N–H and O–H groups in total. The molecule has 0 bridgehead atoms. The fraction of sp³-hybridized carbons (Fsp3) is 0.333. The maximum Gasteiger partial charge on any atom is 0.0390 e. The molecule has 0 fully saturated rings. The lowest BCUT2D eigenvalue weighted by molar-refractivity contribution is 1.14. The third-order valence-electron chi connectivity index (χ3n) is 1.78. The summed E-state index contributed by atoms with van der Waals surface area (Å²) in [4.78, 5) is 0. The first-order chi connectivity index (χ1) is 5.27. The van der Waals surface area contributed by atoms with Crippen molar-refractivity contribution in [3.8, 4) is 0 Å². The van der Waals surface area contributed by atoms with Crippen molar-refractivity contribution in [2.24, 2.45) is 0 Å². The third kappa shape index (κ3) is 1.64. The predicted octanol–water partition coefficient (Wildman–Crippen LogP) is 1.87. The van der Waals surface area contributed by atoms with Crippen LogP contribution in [-0.4, -0.2) is 7.05 Å². The van der Waals surface area contributed by atoms with Crippen LogP contribution in [0.3, 0.4) is 0 Å². The molecule has 0 aliphatic rings. The van der Waals surface area contributed by atoms with Gasteiger partial charge < -0.3 is 11.1 Å². The van der Waals surface area contributed by atoms with Crippen molar-refractivity contribution in [1.29, 1.82) is 0 Å². The lowest BCUT2D eigenvalue weighted by Crippen LogP contribution is -1.95. The van der Waals surface area contributed by atoms with Crippen LogP contribution >= 0.6 is 0 Å². The van der Waals surface area contributed by atoms with Crippen LogP contribution in [-0.2, 0) is 6.42 Å². The first kappa shape index (κ1) is 7.92. The Morgan fingerprint density at radius 3 is 2.73 bits per heavy atom. The van der Waals surface area contributed by atoms with Crippen molar-refractivity contribution < 1.29 is 0 Å². The van der Waals surface area contributed by atoms with Gasteiger partial charge in [0.25, 0.3) is 0 Å². The number of hydrogen-bond donors (Lipinski definition) is 2.